The van der Waals surface area contributed by atoms with Crippen molar-refractivity contribution in [3.8, 4) is 0 Å². The van der Waals surface area contributed by atoms with Gasteiger partial charge >= 0.3 is 0 Å². The molecule has 148 valence electrons. The Morgan fingerprint density at radius 1 is 1.29 bits per heavy atom. The molecule has 1 aliphatic heterocycles. The highest BCUT2D eigenvalue weighted by molar-refractivity contribution is 5.42. The van der Waals surface area contributed by atoms with E-state index in [1.165, 1.54) is 0 Å². The summed E-state index contributed by atoms with van der Waals surface area (Å²) in [6.07, 6.45) is 9.44. The number of likely N-dealkylation sites (tertiary alicyclic amines) is 1. The van der Waals surface area contributed by atoms with E-state index in [2.05, 4.69) is 38.7 Å². The Balaban J connectivity index is 1.50. The molecule has 8 heteroatoms. The highest BCUT2D eigenvalue weighted by atomic mass is 16.1. The molecule has 1 fully saturated rings. The average Bonchev–Trinajstić information content (AvgIpc) is 3.10. The summed E-state index contributed by atoms with van der Waals surface area (Å²) in [6.45, 7) is 6.79. The Morgan fingerprint density at radius 2 is 2.14 bits per heavy atom. The fourth-order valence-corrected chi connectivity index (χ4v) is 3.77. The van der Waals surface area contributed by atoms with Crippen molar-refractivity contribution >= 4 is 11.5 Å². The van der Waals surface area contributed by atoms with Crippen LogP contribution in [0.5, 0.6) is 0 Å². The summed E-state index contributed by atoms with van der Waals surface area (Å²) in [6, 6.07) is 4.03. The standard InChI is InChI=1S/C20H27N7O/c1-15(2)24(3)17-10-19(28)27(23-12-17)16-6-4-8-25(13-16)14-18-11-22-20-21-7-5-9-26(18)20/h5,7,9-12,15-16H,4,6,8,13-14H2,1-3H3/t16-/m0/s1. The topological polar surface area (TPSA) is 71.6 Å². The maximum atomic E-state index is 12.7. The molecule has 0 bridgehead atoms. The van der Waals surface area contributed by atoms with Gasteiger partial charge in [0, 0.05) is 44.6 Å². The van der Waals surface area contributed by atoms with Crippen LogP contribution in [0.4, 0.5) is 5.69 Å². The van der Waals surface area contributed by atoms with Crippen molar-refractivity contribution in [2.24, 2.45) is 0 Å². The van der Waals surface area contributed by atoms with Crippen molar-refractivity contribution in [2.75, 3.05) is 25.0 Å². The lowest BCUT2D eigenvalue weighted by Crippen LogP contribution is -2.40. The highest BCUT2D eigenvalue weighted by Gasteiger charge is 2.24. The zero-order valence-corrected chi connectivity index (χ0v) is 16.7. The first kappa shape index (κ1) is 18.6. The fourth-order valence-electron chi connectivity index (χ4n) is 3.77. The van der Waals surface area contributed by atoms with Crippen LogP contribution in [0.3, 0.4) is 0 Å². The molecule has 0 saturated carbocycles. The third kappa shape index (κ3) is 3.64. The largest absolute Gasteiger partial charge is 0.371 e. The highest BCUT2D eigenvalue weighted by Crippen LogP contribution is 2.22. The first-order chi connectivity index (χ1) is 13.5. The summed E-state index contributed by atoms with van der Waals surface area (Å²) >= 11 is 0. The quantitative estimate of drug-likeness (QED) is 0.673. The predicted molar refractivity (Wildman–Crippen MR) is 109 cm³/mol. The van der Waals surface area contributed by atoms with Crippen LogP contribution >= 0.6 is 0 Å². The van der Waals surface area contributed by atoms with Gasteiger partial charge in [-0.15, -0.1) is 0 Å². The SMILES string of the molecule is CC(C)N(C)c1cnn([C@H]2CCCN(Cc3cnc4ncccn34)C2)c(=O)c1. The van der Waals surface area contributed by atoms with Gasteiger partial charge in [0.15, 0.2) is 0 Å². The van der Waals surface area contributed by atoms with Gasteiger partial charge in [-0.25, -0.2) is 14.6 Å². The molecule has 3 aromatic rings. The molecule has 4 heterocycles. The lowest BCUT2D eigenvalue weighted by atomic mass is 10.1. The minimum atomic E-state index is -0.0316. The van der Waals surface area contributed by atoms with Crippen molar-refractivity contribution in [3.05, 3.63) is 53.0 Å². The first-order valence-corrected chi connectivity index (χ1v) is 9.84. The number of anilines is 1. The molecule has 0 N–H and O–H groups in total. The van der Waals surface area contributed by atoms with Crippen molar-refractivity contribution < 1.29 is 0 Å². The lowest BCUT2D eigenvalue weighted by Gasteiger charge is -2.33. The normalized spacial score (nSPS) is 18.1. The zero-order chi connectivity index (χ0) is 19.7. The van der Waals surface area contributed by atoms with Crippen LogP contribution in [-0.2, 0) is 6.54 Å². The molecule has 0 amide bonds. The zero-order valence-electron chi connectivity index (χ0n) is 16.7. The molecule has 0 spiro atoms. The van der Waals surface area contributed by atoms with Crippen molar-refractivity contribution in [1.29, 1.82) is 0 Å². The smallest absolute Gasteiger partial charge is 0.269 e. The van der Waals surface area contributed by atoms with Gasteiger partial charge in [-0.3, -0.25) is 14.1 Å². The van der Waals surface area contributed by atoms with E-state index in [1.54, 1.807) is 23.1 Å². The Kier molecular flexibility index (Phi) is 5.13. The van der Waals surface area contributed by atoms with Crippen LogP contribution in [0.15, 0.2) is 41.7 Å². The van der Waals surface area contributed by atoms with Crippen LogP contribution in [0.25, 0.3) is 5.78 Å². The summed E-state index contributed by atoms with van der Waals surface area (Å²) < 4.78 is 3.67. The molecule has 0 radical (unpaired) electrons. The van der Waals surface area contributed by atoms with E-state index in [4.69, 9.17) is 0 Å². The van der Waals surface area contributed by atoms with E-state index < -0.39 is 0 Å². The fraction of sp³-hybridized carbons (Fsp3) is 0.500. The molecule has 8 nitrogen and oxygen atoms in total. The number of hydrogen-bond acceptors (Lipinski definition) is 6. The second-order valence-electron chi connectivity index (χ2n) is 7.77. The second kappa shape index (κ2) is 7.71. The number of nitrogens with zero attached hydrogens (tertiary/aromatic N) is 7. The molecule has 4 rings (SSSR count). The van der Waals surface area contributed by atoms with Gasteiger partial charge in [0.1, 0.15) is 0 Å². The molecule has 0 aliphatic carbocycles. The Morgan fingerprint density at radius 3 is 2.93 bits per heavy atom. The van der Waals surface area contributed by atoms with Crippen molar-refractivity contribution in [3.63, 3.8) is 0 Å². The van der Waals surface area contributed by atoms with Crippen LogP contribution in [0.1, 0.15) is 38.4 Å². The molecule has 1 aliphatic rings. The minimum Gasteiger partial charge on any atom is -0.371 e. The molecule has 1 saturated heterocycles. The molecule has 28 heavy (non-hydrogen) atoms. The molecule has 0 unspecified atom stereocenters. The molecule has 3 aromatic heterocycles. The Hall–Kier alpha value is -2.74. The second-order valence-corrected chi connectivity index (χ2v) is 7.77. The Labute approximate surface area is 164 Å². The third-order valence-electron chi connectivity index (χ3n) is 5.57. The minimum absolute atomic E-state index is 0.0316. The molecule has 0 aromatic carbocycles. The van der Waals surface area contributed by atoms with Gasteiger partial charge < -0.3 is 4.90 Å². The number of piperidine rings is 1. The van der Waals surface area contributed by atoms with E-state index in [9.17, 15) is 4.79 Å². The Bertz CT molecular complexity index is 1010. The van der Waals surface area contributed by atoms with Gasteiger partial charge in [0.25, 0.3) is 5.56 Å². The van der Waals surface area contributed by atoms with Crippen LogP contribution in [0, 0.1) is 0 Å². The van der Waals surface area contributed by atoms with Crippen molar-refractivity contribution in [1.82, 2.24) is 29.0 Å². The van der Waals surface area contributed by atoms with E-state index in [-0.39, 0.29) is 11.6 Å². The predicted octanol–water partition coefficient (Wildman–Crippen LogP) is 1.97. The van der Waals surface area contributed by atoms with Gasteiger partial charge in [-0.05, 0) is 39.3 Å². The van der Waals surface area contributed by atoms with E-state index in [1.807, 2.05) is 29.9 Å². The van der Waals surface area contributed by atoms with Crippen LogP contribution in [-0.4, -0.2) is 55.2 Å². The van der Waals surface area contributed by atoms with Crippen LogP contribution < -0.4 is 10.5 Å². The average molecular weight is 381 g/mol. The monoisotopic (exact) mass is 381 g/mol. The number of hydrogen-bond donors (Lipinski definition) is 0. The summed E-state index contributed by atoms with van der Waals surface area (Å²) in [5.41, 5.74) is 1.94. The summed E-state index contributed by atoms with van der Waals surface area (Å²) in [5.74, 6) is 0.716. The molecule has 1 atom stereocenters. The van der Waals surface area contributed by atoms with Crippen LogP contribution in [0.2, 0.25) is 0 Å². The maximum absolute atomic E-state index is 12.7. The van der Waals surface area contributed by atoms with Gasteiger partial charge in [-0.2, -0.15) is 5.10 Å². The number of fused-ring (bicyclic) bond motifs is 1. The first-order valence-electron chi connectivity index (χ1n) is 9.84. The van der Waals surface area contributed by atoms with Gasteiger partial charge in [0.05, 0.1) is 29.8 Å². The third-order valence-corrected chi connectivity index (χ3v) is 5.57. The maximum Gasteiger partial charge on any atom is 0.269 e. The van der Waals surface area contributed by atoms with E-state index in [0.717, 1.165) is 43.9 Å². The lowest BCUT2D eigenvalue weighted by molar-refractivity contribution is 0.158. The van der Waals surface area contributed by atoms with Gasteiger partial charge in [-0.1, -0.05) is 0 Å². The van der Waals surface area contributed by atoms with E-state index >= 15 is 0 Å². The molecular weight excluding hydrogens is 354 g/mol. The van der Waals surface area contributed by atoms with E-state index in [0.29, 0.717) is 11.8 Å². The number of imidazole rings is 1. The number of rotatable bonds is 5. The summed E-state index contributed by atoms with van der Waals surface area (Å²) in [4.78, 5) is 25.8. The summed E-state index contributed by atoms with van der Waals surface area (Å²) in [7, 11) is 1.98. The number of aromatic nitrogens is 5. The molecular formula is C20H27N7O. The summed E-state index contributed by atoms with van der Waals surface area (Å²) in [5, 5.41) is 4.50. The van der Waals surface area contributed by atoms with Crippen molar-refractivity contribution in [2.45, 2.75) is 45.3 Å². The van der Waals surface area contributed by atoms with Gasteiger partial charge in [0.2, 0.25) is 5.78 Å².